The second-order valence-electron chi connectivity index (χ2n) is 11.9. The van der Waals surface area contributed by atoms with Crippen molar-refractivity contribution in [3.05, 3.63) is 113 Å². The highest BCUT2D eigenvalue weighted by molar-refractivity contribution is 7.86. The number of aromatic nitrogens is 6. The van der Waals surface area contributed by atoms with E-state index in [1.54, 1.807) is 54.6 Å². The van der Waals surface area contributed by atoms with Crippen LogP contribution in [0.25, 0.3) is 12.2 Å². The fraction of sp³-hybridized carbons (Fsp3) is 0.111. The van der Waals surface area contributed by atoms with E-state index in [1.165, 1.54) is 36.4 Å². The maximum atomic E-state index is 12.7. The molecule has 8 N–H and O–H groups in total. The third-order valence-corrected chi connectivity index (χ3v) is 9.58. The fourth-order valence-electron chi connectivity index (χ4n) is 5.11. The number of benzene rings is 4. The van der Waals surface area contributed by atoms with Crippen molar-refractivity contribution >= 4 is 96.5 Å². The lowest BCUT2D eigenvalue weighted by molar-refractivity contribution is -0.106. The highest BCUT2D eigenvalue weighted by Crippen LogP contribution is 2.29. The van der Waals surface area contributed by atoms with Crippen LogP contribution >= 0.6 is 11.6 Å². The molecule has 0 aliphatic heterocycles. The second kappa shape index (κ2) is 19.6. The van der Waals surface area contributed by atoms with Gasteiger partial charge in [-0.25, -0.2) is 9.68 Å². The Morgan fingerprint density at radius 2 is 0.933 bits per heavy atom. The van der Waals surface area contributed by atoms with Crippen molar-refractivity contribution in [2.45, 2.75) is 9.79 Å². The predicted octanol–water partition coefficient (Wildman–Crippen LogP) is 5.00. The maximum absolute atomic E-state index is 12.7. The SMILES string of the molecule is O=S(=O)(O)c1cc(Nc2nc(Cl)nc(Nc3ccccc3)n2)ccc1C=Cc1ccc(Nc2nc(Nc3ccccc3)nc(N(OCCO)OCCO)n2)cc1S(=O)(=O)O. The summed E-state index contributed by atoms with van der Waals surface area (Å²) in [7, 11) is -9.78. The molecule has 0 aliphatic carbocycles. The Hall–Kier alpha value is -6.41. The van der Waals surface area contributed by atoms with Crippen LogP contribution in [0, 0.1) is 0 Å². The molecule has 6 rings (SSSR count). The van der Waals surface area contributed by atoms with E-state index in [4.69, 9.17) is 21.3 Å². The number of rotatable bonds is 19. The van der Waals surface area contributed by atoms with Crippen molar-refractivity contribution in [1.82, 2.24) is 29.9 Å². The van der Waals surface area contributed by atoms with E-state index in [2.05, 4.69) is 51.2 Å². The Labute approximate surface area is 347 Å². The van der Waals surface area contributed by atoms with E-state index in [0.29, 0.717) is 11.4 Å². The third-order valence-electron chi connectivity index (χ3n) is 7.59. The van der Waals surface area contributed by atoms with E-state index in [9.17, 15) is 36.2 Å². The van der Waals surface area contributed by atoms with Crippen LogP contribution in [0.4, 0.5) is 52.5 Å². The fourth-order valence-corrected chi connectivity index (χ4v) is 6.69. The lowest BCUT2D eigenvalue weighted by atomic mass is 10.1. The van der Waals surface area contributed by atoms with Gasteiger partial charge in [-0.15, -0.1) is 0 Å². The molecule has 2 heterocycles. The van der Waals surface area contributed by atoms with Crippen LogP contribution in [0.15, 0.2) is 107 Å². The van der Waals surface area contributed by atoms with E-state index >= 15 is 0 Å². The number of hydrogen-bond acceptors (Lipinski definition) is 19. The molecule has 0 unspecified atom stereocenters. The normalized spacial score (nSPS) is 11.7. The van der Waals surface area contributed by atoms with Gasteiger partial charge in [-0.3, -0.25) is 9.11 Å². The van der Waals surface area contributed by atoms with Crippen LogP contribution < -0.4 is 26.5 Å². The molecule has 60 heavy (non-hydrogen) atoms. The quantitative estimate of drug-likeness (QED) is 0.0301. The van der Waals surface area contributed by atoms with Gasteiger partial charge >= 0.3 is 0 Å². The van der Waals surface area contributed by atoms with Crippen molar-refractivity contribution in [2.24, 2.45) is 0 Å². The molecule has 0 atom stereocenters. The zero-order chi connectivity index (χ0) is 42.7. The van der Waals surface area contributed by atoms with Gasteiger partial charge in [0.2, 0.25) is 29.1 Å². The van der Waals surface area contributed by atoms with E-state index in [1.807, 2.05) is 6.07 Å². The first-order chi connectivity index (χ1) is 28.8. The highest BCUT2D eigenvalue weighted by Gasteiger charge is 2.20. The number of nitrogens with one attached hydrogen (secondary N) is 4. The Bertz CT molecular complexity index is 2680. The molecule has 2 aromatic heterocycles. The van der Waals surface area contributed by atoms with Gasteiger partial charge in [0.1, 0.15) is 23.0 Å². The van der Waals surface area contributed by atoms with Gasteiger partial charge in [0.05, 0.1) is 13.2 Å². The van der Waals surface area contributed by atoms with E-state index in [0.717, 1.165) is 17.4 Å². The van der Waals surface area contributed by atoms with E-state index < -0.39 is 43.2 Å². The molecule has 0 saturated carbocycles. The minimum atomic E-state index is -4.92. The summed E-state index contributed by atoms with van der Waals surface area (Å²) in [6.07, 6.45) is 2.44. The first-order valence-electron chi connectivity index (χ1n) is 17.3. The van der Waals surface area contributed by atoms with Crippen molar-refractivity contribution in [3.63, 3.8) is 0 Å². The van der Waals surface area contributed by atoms with Gasteiger partial charge < -0.3 is 31.5 Å². The summed E-state index contributed by atoms with van der Waals surface area (Å²) in [5.74, 6) is -0.380. The smallest absolute Gasteiger partial charge is 0.295 e. The minimum absolute atomic E-state index is 0.0220. The number of halogens is 1. The number of hydrogen-bond donors (Lipinski definition) is 8. The summed E-state index contributed by atoms with van der Waals surface area (Å²) >= 11 is 6.10. The first kappa shape index (κ1) is 43.2. The van der Waals surface area contributed by atoms with Crippen LogP contribution in [0.1, 0.15) is 11.1 Å². The molecule has 0 aliphatic rings. The monoisotopic (exact) mass is 879 g/mol. The molecule has 312 valence electrons. The largest absolute Gasteiger partial charge is 0.394 e. The molecule has 0 saturated heterocycles. The Balaban J connectivity index is 1.28. The lowest BCUT2D eigenvalue weighted by Gasteiger charge is -2.20. The molecule has 0 fully saturated rings. The second-order valence-corrected chi connectivity index (χ2v) is 15.0. The summed E-state index contributed by atoms with van der Waals surface area (Å²) in [5, 5.41) is 30.8. The molecule has 6 aromatic rings. The first-order valence-corrected chi connectivity index (χ1v) is 20.6. The van der Waals surface area contributed by atoms with Gasteiger partial charge in [0.15, 0.2) is 0 Å². The van der Waals surface area contributed by atoms with Gasteiger partial charge in [-0.1, -0.05) is 65.9 Å². The van der Waals surface area contributed by atoms with Crippen molar-refractivity contribution < 1.29 is 45.8 Å². The maximum Gasteiger partial charge on any atom is 0.295 e. The van der Waals surface area contributed by atoms with E-state index in [-0.39, 0.29) is 70.7 Å². The average molecular weight is 880 g/mol. The molecular formula is C36H34ClN11O10S2. The molecule has 0 radical (unpaired) electrons. The average Bonchev–Trinajstić information content (AvgIpc) is 3.20. The van der Waals surface area contributed by atoms with Gasteiger partial charge in [-0.05, 0) is 71.3 Å². The number of nitrogens with zero attached hydrogens (tertiary/aromatic N) is 7. The summed E-state index contributed by atoms with van der Waals surface area (Å²) in [4.78, 5) is 34.8. The van der Waals surface area contributed by atoms with Crippen LogP contribution in [0.2, 0.25) is 5.28 Å². The molecule has 4 aromatic carbocycles. The topological polar surface area (TPSA) is 296 Å². The predicted molar refractivity (Wildman–Crippen MR) is 221 cm³/mol. The van der Waals surface area contributed by atoms with Crippen LogP contribution in [-0.2, 0) is 29.9 Å². The zero-order valence-corrected chi connectivity index (χ0v) is 33.2. The molecule has 0 amide bonds. The molecule has 21 nitrogen and oxygen atoms in total. The van der Waals surface area contributed by atoms with Crippen LogP contribution in [-0.4, -0.2) is 92.5 Å². The van der Waals surface area contributed by atoms with Crippen LogP contribution in [0.5, 0.6) is 0 Å². The summed E-state index contributed by atoms with van der Waals surface area (Å²) in [6.45, 7) is -1.25. The number of aliphatic hydroxyl groups is 2. The number of anilines is 9. The summed E-state index contributed by atoms with van der Waals surface area (Å²) in [5.41, 5.74) is 1.32. The number of aliphatic hydroxyl groups excluding tert-OH is 2. The van der Waals surface area contributed by atoms with Gasteiger partial charge in [0, 0.05) is 22.7 Å². The standard InChI is InChI=1S/C36H34ClN11O10S2/c37-31-42-32(38-25-7-3-1-4-8-25)44-33(43-31)40-27-15-13-23(29(21-27)59(51,52)53)11-12-24-14-16-28(22-30(24)60(54,55)56)41-35-45-34(39-26-9-5-2-6-10-26)46-36(47-35)48(57-19-17-49)58-20-18-50/h1-16,21-22,49-50H,17-20H2,(H,51,52,53)(H,54,55,56)(H2,38,40,42,43,44)(H2,39,41,45,46,47). The molecule has 0 spiro atoms. The Morgan fingerprint density at radius 3 is 1.32 bits per heavy atom. The Kier molecular flexibility index (Phi) is 14.1. The summed E-state index contributed by atoms with van der Waals surface area (Å²) < 4.78 is 70.8. The molecular weight excluding hydrogens is 846 g/mol. The van der Waals surface area contributed by atoms with Crippen molar-refractivity contribution in [1.29, 1.82) is 0 Å². The summed E-state index contributed by atoms with van der Waals surface area (Å²) in [6, 6.07) is 25.5. The number of para-hydroxylation sites is 2. The zero-order valence-electron chi connectivity index (χ0n) is 30.8. The minimum Gasteiger partial charge on any atom is -0.394 e. The lowest BCUT2D eigenvalue weighted by Crippen LogP contribution is -2.29. The van der Waals surface area contributed by atoms with Gasteiger partial charge in [-0.2, -0.15) is 46.7 Å². The molecule has 24 heteroatoms. The third kappa shape index (κ3) is 12.1. The van der Waals surface area contributed by atoms with Crippen molar-refractivity contribution in [2.75, 3.05) is 52.9 Å². The van der Waals surface area contributed by atoms with Crippen LogP contribution in [0.3, 0.4) is 0 Å². The highest BCUT2D eigenvalue weighted by atomic mass is 35.5. The molecule has 0 bridgehead atoms. The van der Waals surface area contributed by atoms with Gasteiger partial charge in [0.25, 0.3) is 26.2 Å². The Morgan fingerprint density at radius 1 is 0.550 bits per heavy atom. The van der Waals surface area contributed by atoms with Crippen molar-refractivity contribution in [3.8, 4) is 0 Å².